The van der Waals surface area contributed by atoms with Crippen molar-refractivity contribution in [2.75, 3.05) is 13.1 Å². The number of hydrogen-bond donors (Lipinski definition) is 2. The van der Waals surface area contributed by atoms with Crippen molar-refractivity contribution in [1.29, 1.82) is 0 Å². The normalized spacial score (nSPS) is 17.5. The molecule has 118 valence electrons. The van der Waals surface area contributed by atoms with Crippen LogP contribution >= 0.6 is 0 Å². The van der Waals surface area contributed by atoms with Crippen molar-refractivity contribution in [3.63, 3.8) is 0 Å². The molecule has 1 fully saturated rings. The number of hydrogen-bond acceptors (Lipinski definition) is 4. The van der Waals surface area contributed by atoms with Gasteiger partial charge in [0.05, 0.1) is 6.42 Å². The molecule has 0 unspecified atom stereocenters. The third-order valence-electron chi connectivity index (χ3n) is 3.40. The van der Waals surface area contributed by atoms with E-state index in [9.17, 15) is 14.4 Å². The Balaban J connectivity index is 1.75. The molecule has 1 atom stereocenters. The molecule has 0 bridgehead atoms. The Morgan fingerprint density at radius 1 is 1.45 bits per heavy atom. The average Bonchev–Trinajstić information content (AvgIpc) is 2.76. The van der Waals surface area contributed by atoms with Crippen LogP contribution in [0.4, 0.5) is 4.79 Å². The fraction of sp³-hybridized carbons (Fsp3) is 0.467. The van der Waals surface area contributed by atoms with Crippen LogP contribution < -0.4 is 10.6 Å². The maximum absolute atomic E-state index is 12.0. The van der Waals surface area contributed by atoms with Crippen molar-refractivity contribution in [2.45, 2.75) is 32.2 Å². The Morgan fingerprint density at radius 3 is 2.95 bits per heavy atom. The number of rotatable bonds is 7. The summed E-state index contributed by atoms with van der Waals surface area (Å²) in [4.78, 5) is 40.6. The third kappa shape index (κ3) is 4.03. The highest BCUT2D eigenvalue weighted by Crippen LogP contribution is 2.10. The molecule has 1 aromatic heterocycles. The zero-order valence-electron chi connectivity index (χ0n) is 12.5. The van der Waals surface area contributed by atoms with Crippen LogP contribution in [0, 0.1) is 0 Å². The maximum Gasteiger partial charge on any atom is 0.324 e. The van der Waals surface area contributed by atoms with Gasteiger partial charge < -0.3 is 10.6 Å². The first-order chi connectivity index (χ1) is 10.6. The molecule has 0 aliphatic carbocycles. The van der Waals surface area contributed by atoms with Crippen LogP contribution in [0.2, 0.25) is 0 Å². The van der Waals surface area contributed by atoms with Crippen molar-refractivity contribution in [3.8, 4) is 0 Å². The second-order valence-corrected chi connectivity index (χ2v) is 5.16. The van der Waals surface area contributed by atoms with Gasteiger partial charge in [-0.05, 0) is 24.5 Å². The molecule has 2 N–H and O–H groups in total. The average molecular weight is 304 g/mol. The molecule has 0 radical (unpaired) electrons. The van der Waals surface area contributed by atoms with Crippen LogP contribution in [0.3, 0.4) is 0 Å². The van der Waals surface area contributed by atoms with Gasteiger partial charge in [-0.15, -0.1) is 0 Å². The predicted molar refractivity (Wildman–Crippen MR) is 79.9 cm³/mol. The molecule has 1 aliphatic rings. The SMILES string of the molecule is CCCN1C(=O)N[C@@H](CC(=O)NCCc2cccnc2)C1=O. The van der Waals surface area contributed by atoms with E-state index in [1.165, 1.54) is 0 Å². The number of amides is 4. The lowest BCUT2D eigenvalue weighted by atomic mass is 10.2. The van der Waals surface area contributed by atoms with Gasteiger partial charge in [0.1, 0.15) is 6.04 Å². The Morgan fingerprint density at radius 2 is 2.27 bits per heavy atom. The highest BCUT2D eigenvalue weighted by atomic mass is 16.2. The summed E-state index contributed by atoms with van der Waals surface area (Å²) >= 11 is 0. The monoisotopic (exact) mass is 304 g/mol. The fourth-order valence-corrected chi connectivity index (χ4v) is 2.30. The zero-order valence-corrected chi connectivity index (χ0v) is 12.5. The van der Waals surface area contributed by atoms with E-state index in [0.717, 1.165) is 10.5 Å². The topological polar surface area (TPSA) is 91.4 Å². The van der Waals surface area contributed by atoms with Gasteiger partial charge in [-0.1, -0.05) is 13.0 Å². The van der Waals surface area contributed by atoms with Crippen molar-refractivity contribution in [3.05, 3.63) is 30.1 Å². The predicted octanol–water partition coefficient (Wildman–Crippen LogP) is 0.461. The van der Waals surface area contributed by atoms with E-state index in [4.69, 9.17) is 0 Å². The molecular weight excluding hydrogens is 284 g/mol. The van der Waals surface area contributed by atoms with Crippen molar-refractivity contribution < 1.29 is 14.4 Å². The Bertz CT molecular complexity index is 547. The Labute approximate surface area is 129 Å². The minimum absolute atomic E-state index is 0.0299. The van der Waals surface area contributed by atoms with E-state index >= 15 is 0 Å². The second kappa shape index (κ2) is 7.53. The van der Waals surface area contributed by atoms with Crippen molar-refractivity contribution >= 4 is 17.8 Å². The summed E-state index contributed by atoms with van der Waals surface area (Å²) in [5.74, 6) is -0.574. The van der Waals surface area contributed by atoms with Gasteiger partial charge in [-0.25, -0.2) is 4.79 Å². The molecule has 0 aromatic carbocycles. The van der Waals surface area contributed by atoms with E-state index in [0.29, 0.717) is 25.9 Å². The molecule has 0 saturated carbocycles. The number of nitrogens with zero attached hydrogens (tertiary/aromatic N) is 2. The molecule has 4 amide bonds. The quantitative estimate of drug-likeness (QED) is 0.716. The van der Waals surface area contributed by atoms with E-state index in [1.807, 2.05) is 19.1 Å². The highest BCUT2D eigenvalue weighted by molar-refractivity contribution is 6.05. The van der Waals surface area contributed by atoms with Crippen molar-refractivity contribution in [2.24, 2.45) is 0 Å². The molecule has 1 aliphatic heterocycles. The standard InChI is InChI=1S/C15H20N4O3/c1-2-8-19-14(21)12(18-15(19)22)9-13(20)17-7-5-11-4-3-6-16-10-11/h3-4,6,10,12H,2,5,7-9H2,1H3,(H,17,20)(H,18,22)/t12-/m0/s1. The second-order valence-electron chi connectivity index (χ2n) is 5.16. The number of carbonyl (C=O) groups is 3. The first-order valence-electron chi connectivity index (χ1n) is 7.39. The summed E-state index contributed by atoms with van der Waals surface area (Å²) in [7, 11) is 0. The number of carbonyl (C=O) groups excluding carboxylic acids is 3. The van der Waals surface area contributed by atoms with E-state index < -0.39 is 12.1 Å². The summed E-state index contributed by atoms with van der Waals surface area (Å²) in [5, 5.41) is 5.30. The maximum atomic E-state index is 12.0. The summed E-state index contributed by atoms with van der Waals surface area (Å²) in [5.41, 5.74) is 1.03. The van der Waals surface area contributed by atoms with Gasteiger partial charge in [-0.3, -0.25) is 19.5 Å². The summed E-state index contributed by atoms with van der Waals surface area (Å²) < 4.78 is 0. The molecular formula is C15H20N4O3. The lowest BCUT2D eigenvalue weighted by Crippen LogP contribution is -2.37. The number of imide groups is 1. The molecule has 0 spiro atoms. The van der Waals surface area contributed by atoms with E-state index in [1.54, 1.807) is 12.4 Å². The first kappa shape index (κ1) is 15.9. The van der Waals surface area contributed by atoms with Gasteiger partial charge in [-0.2, -0.15) is 0 Å². The largest absolute Gasteiger partial charge is 0.356 e. The van der Waals surface area contributed by atoms with E-state index in [2.05, 4.69) is 15.6 Å². The minimum atomic E-state index is -0.752. The van der Waals surface area contributed by atoms with Crippen molar-refractivity contribution in [1.82, 2.24) is 20.5 Å². The highest BCUT2D eigenvalue weighted by Gasteiger charge is 2.38. The van der Waals surface area contributed by atoms with E-state index in [-0.39, 0.29) is 18.2 Å². The zero-order chi connectivity index (χ0) is 15.9. The third-order valence-corrected chi connectivity index (χ3v) is 3.40. The van der Waals surface area contributed by atoms with Gasteiger partial charge in [0.25, 0.3) is 5.91 Å². The summed E-state index contributed by atoms with van der Waals surface area (Å²) in [6.45, 7) is 2.74. The van der Waals surface area contributed by atoms with Gasteiger partial charge in [0.2, 0.25) is 5.91 Å². The molecule has 2 rings (SSSR count). The molecule has 2 heterocycles. The van der Waals surface area contributed by atoms with Crippen LogP contribution in [0.25, 0.3) is 0 Å². The molecule has 7 nitrogen and oxygen atoms in total. The lowest BCUT2D eigenvalue weighted by molar-refractivity contribution is -0.130. The summed E-state index contributed by atoms with van der Waals surface area (Å²) in [6.07, 6.45) is 4.78. The first-order valence-corrected chi connectivity index (χ1v) is 7.39. The lowest BCUT2D eigenvalue weighted by Gasteiger charge is -2.11. The van der Waals surface area contributed by atoms with Crippen LogP contribution in [0.5, 0.6) is 0 Å². The van der Waals surface area contributed by atoms with Crippen LogP contribution in [0.1, 0.15) is 25.3 Å². The van der Waals surface area contributed by atoms with Crippen LogP contribution in [-0.4, -0.2) is 46.9 Å². The number of aromatic nitrogens is 1. The number of pyridine rings is 1. The van der Waals surface area contributed by atoms with Crippen LogP contribution in [0.15, 0.2) is 24.5 Å². The Hall–Kier alpha value is -2.44. The molecule has 1 saturated heterocycles. The minimum Gasteiger partial charge on any atom is -0.356 e. The fourth-order valence-electron chi connectivity index (χ4n) is 2.30. The molecule has 1 aromatic rings. The smallest absolute Gasteiger partial charge is 0.324 e. The number of nitrogens with one attached hydrogen (secondary N) is 2. The van der Waals surface area contributed by atoms with Gasteiger partial charge >= 0.3 is 6.03 Å². The summed E-state index contributed by atoms with van der Waals surface area (Å²) in [6, 6.07) is 2.60. The number of urea groups is 1. The van der Waals surface area contributed by atoms with Crippen LogP contribution in [-0.2, 0) is 16.0 Å². The van der Waals surface area contributed by atoms with Gasteiger partial charge in [0.15, 0.2) is 0 Å². The molecule has 7 heteroatoms. The van der Waals surface area contributed by atoms with Gasteiger partial charge in [0, 0.05) is 25.5 Å². The molecule has 22 heavy (non-hydrogen) atoms. The Kier molecular flexibility index (Phi) is 5.46.